The lowest BCUT2D eigenvalue weighted by molar-refractivity contribution is -0.144. The molecular weight excluding hydrogens is 544 g/mol. The van der Waals surface area contributed by atoms with E-state index in [4.69, 9.17) is 5.11 Å². The van der Waals surface area contributed by atoms with Crippen molar-refractivity contribution in [2.75, 3.05) is 50.9 Å². The van der Waals surface area contributed by atoms with Crippen LogP contribution in [0.4, 0.5) is 0 Å². The number of carbonyl (C=O) groups excluding carboxylic acids is 5. The van der Waals surface area contributed by atoms with Crippen LogP contribution >= 0.6 is 31.4 Å². The lowest BCUT2D eigenvalue weighted by Gasteiger charge is -2.27. The number of hydrogen-bond acceptors (Lipinski definition) is 11. The summed E-state index contributed by atoms with van der Waals surface area (Å²) in [6.07, 6.45) is -1.25. The van der Waals surface area contributed by atoms with E-state index in [-0.39, 0.29) is 44.4 Å². The highest BCUT2D eigenvalue weighted by molar-refractivity contribution is 9.09. The predicted molar refractivity (Wildman–Crippen MR) is 147 cm³/mol. The van der Waals surface area contributed by atoms with Crippen molar-refractivity contribution < 1.29 is 39.3 Å². The minimum absolute atomic E-state index is 0.0254. The zero-order valence-corrected chi connectivity index (χ0v) is 24.2. The summed E-state index contributed by atoms with van der Waals surface area (Å²) in [7, 11) is 4.61. The Morgan fingerprint density at radius 2 is 1.22 bits per heavy atom. The highest BCUT2D eigenvalue weighted by Gasteiger charge is 2.33. The molecular formula is C22H40N4O8S3. The predicted octanol–water partition coefficient (Wildman–Crippen LogP) is -0.772. The third-order valence-electron chi connectivity index (χ3n) is 5.01. The smallest absolute Gasteiger partial charge is 0.288 e. The highest BCUT2D eigenvalue weighted by atomic mass is 33.5. The molecule has 15 heteroatoms. The van der Waals surface area contributed by atoms with Crippen LogP contribution in [0.1, 0.15) is 40.5 Å². The van der Waals surface area contributed by atoms with Gasteiger partial charge in [-0.1, -0.05) is 49.3 Å². The van der Waals surface area contributed by atoms with E-state index >= 15 is 0 Å². The first-order valence-corrected chi connectivity index (χ1v) is 15.5. The number of Topliss-reactive ketones (excluding diaryl/α,β-unsaturated/α-hetero) is 1. The minimum Gasteiger partial charge on any atom is -0.396 e. The lowest BCUT2D eigenvalue weighted by Crippen LogP contribution is -2.46. The quantitative estimate of drug-likeness (QED) is 0.0539. The van der Waals surface area contributed by atoms with Gasteiger partial charge in [0, 0.05) is 55.9 Å². The van der Waals surface area contributed by atoms with Crippen LogP contribution in [0.25, 0.3) is 0 Å². The van der Waals surface area contributed by atoms with E-state index in [1.54, 1.807) is 35.4 Å². The molecule has 0 bridgehead atoms. The highest BCUT2D eigenvalue weighted by Crippen LogP contribution is 2.33. The molecule has 0 fully saturated rings. The van der Waals surface area contributed by atoms with Gasteiger partial charge in [-0.05, 0) is 9.83 Å². The van der Waals surface area contributed by atoms with E-state index in [0.29, 0.717) is 24.6 Å². The third kappa shape index (κ3) is 15.5. The molecule has 7 N–H and O–H groups in total. The molecule has 0 aromatic rings. The summed E-state index contributed by atoms with van der Waals surface area (Å²) in [4.78, 5) is 59.0. The maximum absolute atomic E-state index is 11.8. The molecule has 0 rings (SSSR count). The fourth-order valence-corrected chi connectivity index (χ4v) is 5.85. The van der Waals surface area contributed by atoms with Crippen LogP contribution in [0.15, 0.2) is 0 Å². The van der Waals surface area contributed by atoms with Crippen molar-refractivity contribution in [3.05, 3.63) is 0 Å². The second-order valence-corrected chi connectivity index (χ2v) is 13.9. The van der Waals surface area contributed by atoms with Crippen molar-refractivity contribution in [2.45, 2.75) is 46.6 Å². The van der Waals surface area contributed by atoms with Crippen molar-refractivity contribution in [3.8, 4) is 0 Å². The summed E-state index contributed by atoms with van der Waals surface area (Å²) >= 11 is 0. The Balaban J connectivity index is 3.71. The van der Waals surface area contributed by atoms with Crippen LogP contribution in [0, 0.1) is 10.8 Å². The van der Waals surface area contributed by atoms with E-state index in [0.717, 1.165) is 0 Å². The Bertz CT molecular complexity index is 768. The van der Waals surface area contributed by atoms with Gasteiger partial charge in [-0.25, -0.2) is 0 Å². The molecule has 0 unspecified atom stereocenters. The molecule has 0 aromatic carbocycles. The summed E-state index contributed by atoms with van der Waals surface area (Å²) in [5.74, 6) is -1.34. The van der Waals surface area contributed by atoms with Gasteiger partial charge < -0.3 is 36.6 Å². The van der Waals surface area contributed by atoms with Gasteiger partial charge >= 0.3 is 0 Å². The molecule has 0 aliphatic heterocycles. The largest absolute Gasteiger partial charge is 0.396 e. The molecule has 0 heterocycles. The summed E-state index contributed by atoms with van der Waals surface area (Å²) in [5, 5.41) is 38.5. The van der Waals surface area contributed by atoms with Crippen LogP contribution in [-0.4, -0.2) is 102 Å². The van der Waals surface area contributed by atoms with Gasteiger partial charge in [0.1, 0.15) is 6.10 Å². The molecule has 37 heavy (non-hydrogen) atoms. The van der Waals surface area contributed by atoms with Gasteiger partial charge in [-0.15, -0.1) is 0 Å². The summed E-state index contributed by atoms with van der Waals surface area (Å²) < 4.78 is 0. The topological polar surface area (TPSA) is 194 Å². The Kier molecular flexibility index (Phi) is 17.9. The van der Waals surface area contributed by atoms with Gasteiger partial charge in [0.25, 0.3) is 5.91 Å². The second kappa shape index (κ2) is 18.7. The summed E-state index contributed by atoms with van der Waals surface area (Å²) in [6, 6.07) is 0. The van der Waals surface area contributed by atoms with Crippen LogP contribution < -0.4 is 21.3 Å². The Hall–Kier alpha value is -1.52. The standard InChI is InChI=1S/C22H40N4O8S3/c1-21(2,13-27)17(31)19(33)25-7-5-15(29)23-9-11-35-37-36-12-10-24-16(30)6-8-26-20(34)18(32)22(3,4)14-28/h17,27-28,31H,5-14H2,1-4H3,(H,23,29)(H,24,30)(H,25,33)(H,26,34)/t17-/m0/s1. The van der Waals surface area contributed by atoms with E-state index in [9.17, 15) is 34.2 Å². The van der Waals surface area contributed by atoms with Crippen molar-refractivity contribution >= 4 is 60.8 Å². The number of hydrogen-bond donors (Lipinski definition) is 7. The Morgan fingerprint density at radius 1 is 0.730 bits per heavy atom. The van der Waals surface area contributed by atoms with E-state index in [1.165, 1.54) is 23.7 Å². The first-order valence-electron chi connectivity index (χ1n) is 11.7. The van der Waals surface area contributed by atoms with Gasteiger partial charge in [-0.3, -0.25) is 24.0 Å². The summed E-state index contributed by atoms with van der Waals surface area (Å²) in [6.45, 7) is 6.26. The fraction of sp³-hybridized carbons (Fsp3) is 0.773. The van der Waals surface area contributed by atoms with Crippen molar-refractivity contribution in [3.63, 3.8) is 0 Å². The van der Waals surface area contributed by atoms with E-state index in [2.05, 4.69) is 21.3 Å². The van der Waals surface area contributed by atoms with Crippen molar-refractivity contribution in [1.82, 2.24) is 21.3 Å². The fourth-order valence-electron chi connectivity index (χ4n) is 2.33. The molecule has 0 saturated carbocycles. The second-order valence-electron chi connectivity index (χ2n) is 9.38. The number of ketones is 1. The first kappa shape index (κ1) is 35.5. The number of carbonyl (C=O) groups is 5. The van der Waals surface area contributed by atoms with Crippen LogP contribution in [0.5, 0.6) is 0 Å². The zero-order chi connectivity index (χ0) is 28.5. The van der Waals surface area contributed by atoms with Crippen LogP contribution in [0.3, 0.4) is 0 Å². The molecule has 0 aromatic heterocycles. The van der Waals surface area contributed by atoms with E-state index < -0.39 is 41.1 Å². The van der Waals surface area contributed by atoms with Gasteiger partial charge in [0.15, 0.2) is 0 Å². The molecule has 0 aliphatic rings. The molecule has 214 valence electrons. The number of aliphatic hydroxyl groups excluding tert-OH is 3. The van der Waals surface area contributed by atoms with Gasteiger partial charge in [-0.2, -0.15) is 0 Å². The zero-order valence-electron chi connectivity index (χ0n) is 21.8. The third-order valence-corrected chi connectivity index (χ3v) is 9.26. The number of nitrogens with one attached hydrogen (secondary N) is 4. The van der Waals surface area contributed by atoms with Gasteiger partial charge in [0.2, 0.25) is 23.5 Å². The van der Waals surface area contributed by atoms with E-state index in [1.807, 2.05) is 0 Å². The molecule has 0 spiro atoms. The summed E-state index contributed by atoms with van der Waals surface area (Å²) in [5.41, 5.74) is -2.13. The SMILES string of the molecule is CC(C)(CO)C(=O)C(=O)NCCC(=O)NCCSSSCCNC(=O)CCNC(=O)[C@H](O)C(C)(C)CO. The Morgan fingerprint density at radius 3 is 1.68 bits per heavy atom. The maximum atomic E-state index is 11.8. The molecule has 4 amide bonds. The van der Waals surface area contributed by atoms with Crippen LogP contribution in [-0.2, 0) is 24.0 Å². The maximum Gasteiger partial charge on any atom is 0.288 e. The molecule has 12 nitrogen and oxygen atoms in total. The Labute approximate surface area is 229 Å². The lowest BCUT2D eigenvalue weighted by atomic mass is 9.87. The van der Waals surface area contributed by atoms with Crippen molar-refractivity contribution in [1.29, 1.82) is 0 Å². The minimum atomic E-state index is -1.37. The monoisotopic (exact) mass is 584 g/mol. The normalized spacial score (nSPS) is 12.4. The van der Waals surface area contributed by atoms with Crippen LogP contribution in [0.2, 0.25) is 0 Å². The number of amides is 4. The van der Waals surface area contributed by atoms with Crippen molar-refractivity contribution in [2.24, 2.45) is 10.8 Å². The molecule has 1 atom stereocenters. The average Bonchev–Trinajstić information content (AvgIpc) is 2.86. The number of rotatable bonds is 20. The number of aliphatic hydroxyl groups is 3. The molecule has 0 radical (unpaired) electrons. The van der Waals surface area contributed by atoms with Gasteiger partial charge in [0.05, 0.1) is 18.6 Å². The molecule has 0 saturated heterocycles. The first-order chi connectivity index (χ1) is 17.3. The molecule has 0 aliphatic carbocycles. The average molecular weight is 585 g/mol.